The molecule has 2 aliphatic heterocycles. The summed E-state index contributed by atoms with van der Waals surface area (Å²) in [6, 6.07) is 10.2. The summed E-state index contributed by atoms with van der Waals surface area (Å²) >= 11 is 0. The minimum absolute atomic E-state index is 0.0376. The molecule has 3 heterocycles. The zero-order chi connectivity index (χ0) is 23.0. The van der Waals surface area contributed by atoms with E-state index >= 15 is 0 Å². The summed E-state index contributed by atoms with van der Waals surface area (Å²) in [5.74, 6) is 0.791. The quantitative estimate of drug-likeness (QED) is 0.656. The highest BCUT2D eigenvalue weighted by molar-refractivity contribution is 7.90. The second-order valence-electron chi connectivity index (χ2n) is 9.12. The van der Waals surface area contributed by atoms with Gasteiger partial charge >= 0.3 is 0 Å². The molecule has 3 atom stereocenters. The van der Waals surface area contributed by atoms with Gasteiger partial charge in [0.05, 0.1) is 17.0 Å². The van der Waals surface area contributed by atoms with Gasteiger partial charge in [0.1, 0.15) is 0 Å². The maximum Gasteiger partial charge on any atom is 0.257 e. The predicted molar refractivity (Wildman–Crippen MR) is 122 cm³/mol. The summed E-state index contributed by atoms with van der Waals surface area (Å²) in [6.45, 7) is 7.65. The van der Waals surface area contributed by atoms with Gasteiger partial charge in [-0.2, -0.15) is 0 Å². The Hall–Kier alpha value is -2.36. The summed E-state index contributed by atoms with van der Waals surface area (Å²) < 4.78 is 23.6. The van der Waals surface area contributed by atoms with E-state index in [1.165, 1.54) is 5.56 Å². The topological polar surface area (TPSA) is 109 Å². The van der Waals surface area contributed by atoms with Crippen LogP contribution in [0.1, 0.15) is 39.8 Å². The van der Waals surface area contributed by atoms with Crippen molar-refractivity contribution < 1.29 is 13.2 Å². The van der Waals surface area contributed by atoms with Crippen molar-refractivity contribution in [3.05, 3.63) is 52.8 Å². The van der Waals surface area contributed by atoms with Crippen LogP contribution in [0.15, 0.2) is 35.5 Å². The monoisotopic (exact) mass is 457 g/mol. The molecule has 4 rings (SSSR count). The first-order chi connectivity index (χ1) is 15.1. The third-order valence-electron chi connectivity index (χ3n) is 6.63. The van der Waals surface area contributed by atoms with Crippen LogP contribution in [0.3, 0.4) is 0 Å². The van der Waals surface area contributed by atoms with E-state index in [1.807, 2.05) is 23.1 Å². The number of hydrogen-bond acceptors (Lipinski definition) is 7. The predicted octanol–water partition coefficient (Wildman–Crippen LogP) is 1.59. The molecular formula is C23H31N5O3S. The fraction of sp³-hybridized carbons (Fsp3) is 0.522. The molecule has 9 heteroatoms. The lowest BCUT2D eigenvalue weighted by Crippen LogP contribution is -2.35. The summed E-state index contributed by atoms with van der Waals surface area (Å²) in [5.41, 5.74) is 8.76. The Morgan fingerprint density at radius 3 is 2.16 bits per heavy atom. The highest BCUT2D eigenvalue weighted by Gasteiger charge is 2.42. The average molecular weight is 458 g/mol. The van der Waals surface area contributed by atoms with Gasteiger partial charge in [-0.3, -0.25) is 4.79 Å². The first-order valence-corrected chi connectivity index (χ1v) is 12.9. The standard InChI is InChI=1S/C23H31N5O3S/c1-15-21(16(2)26-23(25-15)32(3,30)31)22(29)28-13-18-11-27(12-19(18)14-28)10-9-20(24)17-7-5-4-6-8-17/h4-8,18-20H,9-14,24H2,1-3H3/t18?,19?,20-/m0/s1. The molecule has 1 aromatic carbocycles. The SMILES string of the molecule is Cc1nc(S(C)(=O)=O)nc(C)c1C(=O)N1CC2CN(CC[C@H](N)c3ccccc3)CC2C1. The second-order valence-corrected chi connectivity index (χ2v) is 11.0. The van der Waals surface area contributed by atoms with Crippen molar-refractivity contribution in [2.75, 3.05) is 39.0 Å². The van der Waals surface area contributed by atoms with E-state index in [1.54, 1.807) is 13.8 Å². The van der Waals surface area contributed by atoms with E-state index in [4.69, 9.17) is 5.73 Å². The fourth-order valence-corrected chi connectivity index (χ4v) is 5.55. The van der Waals surface area contributed by atoms with E-state index in [0.717, 1.165) is 32.3 Å². The van der Waals surface area contributed by atoms with Gasteiger partial charge in [-0.25, -0.2) is 18.4 Å². The molecule has 1 amide bonds. The lowest BCUT2D eigenvalue weighted by Gasteiger charge is -2.23. The van der Waals surface area contributed by atoms with Gasteiger partial charge in [-0.1, -0.05) is 30.3 Å². The number of carbonyl (C=O) groups excluding carboxylic acids is 1. The normalized spacial score (nSPS) is 22.2. The van der Waals surface area contributed by atoms with Crippen LogP contribution in [0.5, 0.6) is 0 Å². The minimum Gasteiger partial charge on any atom is -0.338 e. The number of hydrogen-bond donors (Lipinski definition) is 1. The van der Waals surface area contributed by atoms with Crippen LogP contribution in [0.25, 0.3) is 0 Å². The second kappa shape index (κ2) is 8.88. The van der Waals surface area contributed by atoms with Gasteiger partial charge in [-0.05, 0) is 44.2 Å². The zero-order valence-electron chi connectivity index (χ0n) is 18.9. The highest BCUT2D eigenvalue weighted by Crippen LogP contribution is 2.33. The Labute approximate surface area is 189 Å². The Morgan fingerprint density at radius 1 is 1.06 bits per heavy atom. The molecule has 0 bridgehead atoms. The first kappa shape index (κ1) is 22.8. The van der Waals surface area contributed by atoms with E-state index in [0.29, 0.717) is 41.9 Å². The number of benzene rings is 1. The van der Waals surface area contributed by atoms with Crippen molar-refractivity contribution in [1.29, 1.82) is 0 Å². The Kier molecular flexibility index (Phi) is 6.33. The molecule has 0 saturated carbocycles. The molecule has 2 aliphatic rings. The van der Waals surface area contributed by atoms with Crippen molar-refractivity contribution in [2.24, 2.45) is 17.6 Å². The summed E-state index contributed by atoms with van der Waals surface area (Å²) in [7, 11) is -3.52. The van der Waals surface area contributed by atoms with E-state index in [-0.39, 0.29) is 17.1 Å². The van der Waals surface area contributed by atoms with Gasteiger partial charge in [0.15, 0.2) is 0 Å². The smallest absolute Gasteiger partial charge is 0.257 e. The van der Waals surface area contributed by atoms with Crippen LogP contribution >= 0.6 is 0 Å². The van der Waals surface area contributed by atoms with Crippen LogP contribution in [0.4, 0.5) is 0 Å². The van der Waals surface area contributed by atoms with Gasteiger partial charge in [0, 0.05) is 38.5 Å². The molecule has 2 aromatic rings. The molecule has 0 radical (unpaired) electrons. The van der Waals surface area contributed by atoms with Crippen molar-refractivity contribution in [3.63, 3.8) is 0 Å². The molecule has 2 fully saturated rings. The number of likely N-dealkylation sites (tertiary alicyclic amines) is 2. The van der Waals surface area contributed by atoms with Crippen molar-refractivity contribution in [2.45, 2.75) is 31.5 Å². The zero-order valence-corrected chi connectivity index (χ0v) is 19.7. The molecule has 2 saturated heterocycles. The number of nitrogens with two attached hydrogens (primary N) is 1. The molecule has 172 valence electrons. The largest absolute Gasteiger partial charge is 0.338 e. The molecule has 2 N–H and O–H groups in total. The number of rotatable bonds is 6. The third kappa shape index (κ3) is 4.69. The molecule has 2 unspecified atom stereocenters. The van der Waals surface area contributed by atoms with E-state index in [9.17, 15) is 13.2 Å². The maximum atomic E-state index is 13.2. The van der Waals surface area contributed by atoms with E-state index < -0.39 is 9.84 Å². The summed E-state index contributed by atoms with van der Waals surface area (Å²) in [4.78, 5) is 25.7. The average Bonchev–Trinajstić information content (AvgIpc) is 3.30. The third-order valence-corrected chi connectivity index (χ3v) is 7.47. The minimum atomic E-state index is -3.52. The number of carbonyl (C=O) groups is 1. The van der Waals surface area contributed by atoms with Crippen molar-refractivity contribution in [3.8, 4) is 0 Å². The highest BCUT2D eigenvalue weighted by atomic mass is 32.2. The number of fused-ring (bicyclic) bond motifs is 1. The fourth-order valence-electron chi connectivity index (χ4n) is 4.95. The van der Waals surface area contributed by atoms with E-state index in [2.05, 4.69) is 27.0 Å². The van der Waals surface area contributed by atoms with Gasteiger partial charge in [0.2, 0.25) is 15.0 Å². The molecule has 1 aromatic heterocycles. The Bertz CT molecular complexity index is 1070. The van der Waals surface area contributed by atoms with Crippen molar-refractivity contribution >= 4 is 15.7 Å². The molecule has 0 spiro atoms. The van der Waals surface area contributed by atoms with Crippen LogP contribution in [-0.4, -0.2) is 73.1 Å². The van der Waals surface area contributed by atoms with Crippen LogP contribution in [-0.2, 0) is 9.84 Å². The van der Waals surface area contributed by atoms with Gasteiger partial charge in [0.25, 0.3) is 5.91 Å². The number of aromatic nitrogens is 2. The van der Waals surface area contributed by atoms with Crippen LogP contribution in [0, 0.1) is 25.7 Å². The number of amides is 1. The number of aryl methyl sites for hydroxylation is 2. The van der Waals surface area contributed by atoms with Crippen molar-refractivity contribution in [1.82, 2.24) is 19.8 Å². The molecule has 32 heavy (non-hydrogen) atoms. The lowest BCUT2D eigenvalue weighted by atomic mass is 10.0. The number of nitrogens with zero attached hydrogens (tertiary/aromatic N) is 4. The Morgan fingerprint density at radius 2 is 1.62 bits per heavy atom. The number of sulfone groups is 1. The van der Waals surface area contributed by atoms with Crippen LogP contribution < -0.4 is 5.73 Å². The van der Waals surface area contributed by atoms with Gasteiger partial charge in [-0.15, -0.1) is 0 Å². The molecular weight excluding hydrogens is 426 g/mol. The summed E-state index contributed by atoms with van der Waals surface area (Å²) in [6.07, 6.45) is 1.98. The van der Waals surface area contributed by atoms with Gasteiger partial charge < -0.3 is 15.5 Å². The molecule has 8 nitrogen and oxygen atoms in total. The summed E-state index contributed by atoms with van der Waals surface area (Å²) in [5, 5.41) is -0.230. The van der Waals surface area contributed by atoms with Crippen LogP contribution in [0.2, 0.25) is 0 Å². The molecule has 0 aliphatic carbocycles. The Balaban J connectivity index is 1.35. The maximum absolute atomic E-state index is 13.2. The lowest BCUT2D eigenvalue weighted by molar-refractivity contribution is 0.0771. The first-order valence-electron chi connectivity index (χ1n) is 11.0.